The molecular weight excluding hydrogens is 224 g/mol. The monoisotopic (exact) mass is 246 g/mol. The standard InChI is InChI=1S/C14H22N4/c1-4-17-7-5-6-12(17)9-18-11(3)10(2)13(8-15)14(18)16/h12H,4-7,9,16H2,1-3H3. The Bertz CT molecular complexity index is 481. The van der Waals surface area contributed by atoms with Gasteiger partial charge in [-0.15, -0.1) is 0 Å². The first-order valence-corrected chi connectivity index (χ1v) is 6.69. The van der Waals surface area contributed by atoms with E-state index in [1.54, 1.807) is 0 Å². The summed E-state index contributed by atoms with van der Waals surface area (Å²) in [5.41, 5.74) is 8.90. The van der Waals surface area contributed by atoms with E-state index in [-0.39, 0.29) is 0 Å². The number of nitrogens with two attached hydrogens (primary N) is 1. The van der Waals surface area contributed by atoms with Gasteiger partial charge in [-0.1, -0.05) is 6.92 Å². The zero-order valence-electron chi connectivity index (χ0n) is 11.5. The lowest BCUT2D eigenvalue weighted by Gasteiger charge is -2.24. The maximum atomic E-state index is 9.14. The normalized spacial score (nSPS) is 20.2. The van der Waals surface area contributed by atoms with E-state index in [0.29, 0.717) is 17.4 Å². The molecule has 0 amide bonds. The molecule has 1 unspecified atom stereocenters. The first-order chi connectivity index (χ1) is 8.60. The van der Waals surface area contributed by atoms with Crippen molar-refractivity contribution in [1.82, 2.24) is 9.47 Å². The maximum absolute atomic E-state index is 9.14. The van der Waals surface area contributed by atoms with Crippen LogP contribution in [0.1, 0.15) is 36.6 Å². The second-order valence-corrected chi connectivity index (χ2v) is 5.12. The minimum atomic E-state index is 0.564. The smallest absolute Gasteiger partial charge is 0.122 e. The molecule has 0 radical (unpaired) electrons. The molecule has 0 saturated carbocycles. The number of nitrogen functional groups attached to an aromatic ring is 1. The second-order valence-electron chi connectivity index (χ2n) is 5.12. The molecule has 1 aliphatic rings. The molecule has 1 atom stereocenters. The highest BCUT2D eigenvalue weighted by Crippen LogP contribution is 2.26. The molecule has 4 nitrogen and oxygen atoms in total. The van der Waals surface area contributed by atoms with Crippen molar-refractivity contribution >= 4 is 5.82 Å². The highest BCUT2D eigenvalue weighted by Gasteiger charge is 2.25. The van der Waals surface area contributed by atoms with Crippen LogP contribution in [0.3, 0.4) is 0 Å². The van der Waals surface area contributed by atoms with Crippen LogP contribution in [0.4, 0.5) is 5.82 Å². The molecule has 0 aliphatic carbocycles. The van der Waals surface area contributed by atoms with Gasteiger partial charge >= 0.3 is 0 Å². The van der Waals surface area contributed by atoms with Gasteiger partial charge in [0, 0.05) is 18.3 Å². The maximum Gasteiger partial charge on any atom is 0.122 e. The lowest BCUT2D eigenvalue weighted by atomic mass is 10.2. The number of hydrogen-bond donors (Lipinski definition) is 1. The molecule has 1 fully saturated rings. The number of likely N-dealkylation sites (N-methyl/N-ethyl adjacent to an activating group) is 1. The summed E-state index contributed by atoms with van der Waals surface area (Å²) in [7, 11) is 0. The van der Waals surface area contributed by atoms with Gasteiger partial charge in [-0.25, -0.2) is 0 Å². The number of aromatic nitrogens is 1. The Morgan fingerprint density at radius 3 is 2.72 bits per heavy atom. The Morgan fingerprint density at radius 1 is 1.44 bits per heavy atom. The molecule has 18 heavy (non-hydrogen) atoms. The quantitative estimate of drug-likeness (QED) is 0.888. The van der Waals surface area contributed by atoms with Gasteiger partial charge in [0.25, 0.3) is 0 Å². The highest BCUT2D eigenvalue weighted by molar-refractivity contribution is 5.57. The first-order valence-electron chi connectivity index (χ1n) is 6.69. The molecule has 4 heteroatoms. The van der Waals surface area contributed by atoms with Crippen molar-refractivity contribution in [2.75, 3.05) is 18.8 Å². The number of likely N-dealkylation sites (tertiary alicyclic amines) is 1. The van der Waals surface area contributed by atoms with E-state index in [0.717, 1.165) is 24.3 Å². The third kappa shape index (κ3) is 1.99. The van der Waals surface area contributed by atoms with Gasteiger partial charge in [0.05, 0.1) is 5.56 Å². The van der Waals surface area contributed by atoms with Crippen molar-refractivity contribution in [3.05, 3.63) is 16.8 Å². The largest absolute Gasteiger partial charge is 0.384 e. The SMILES string of the molecule is CCN1CCCC1Cn1c(C)c(C)c(C#N)c1N. The van der Waals surface area contributed by atoms with Crippen molar-refractivity contribution in [3.63, 3.8) is 0 Å². The summed E-state index contributed by atoms with van der Waals surface area (Å²) in [5.74, 6) is 0.635. The van der Waals surface area contributed by atoms with Crippen LogP contribution in [-0.4, -0.2) is 28.6 Å². The van der Waals surface area contributed by atoms with Gasteiger partial charge in [0.2, 0.25) is 0 Å². The zero-order chi connectivity index (χ0) is 13.3. The molecule has 2 N–H and O–H groups in total. The Kier molecular flexibility index (Phi) is 3.63. The number of rotatable bonds is 3. The molecule has 2 rings (SSSR count). The number of nitrogens with zero attached hydrogens (tertiary/aromatic N) is 3. The highest BCUT2D eigenvalue weighted by atomic mass is 15.2. The van der Waals surface area contributed by atoms with Crippen LogP contribution in [0.2, 0.25) is 0 Å². The van der Waals surface area contributed by atoms with Crippen LogP contribution >= 0.6 is 0 Å². The lowest BCUT2D eigenvalue weighted by Crippen LogP contribution is -2.33. The fraction of sp³-hybridized carbons (Fsp3) is 0.643. The van der Waals surface area contributed by atoms with E-state index in [9.17, 15) is 0 Å². The molecule has 2 heterocycles. The lowest BCUT2D eigenvalue weighted by molar-refractivity contribution is 0.244. The van der Waals surface area contributed by atoms with Crippen LogP contribution in [0.5, 0.6) is 0 Å². The fourth-order valence-electron chi connectivity index (χ4n) is 3.00. The molecule has 1 aromatic rings. The third-order valence-electron chi connectivity index (χ3n) is 4.28. The molecule has 1 aliphatic heterocycles. The molecule has 0 spiro atoms. The van der Waals surface area contributed by atoms with Gasteiger partial charge in [-0.2, -0.15) is 5.26 Å². The molecular formula is C14H22N4. The minimum Gasteiger partial charge on any atom is -0.384 e. The van der Waals surface area contributed by atoms with Gasteiger partial charge in [-0.3, -0.25) is 4.90 Å². The Hall–Kier alpha value is -1.47. The van der Waals surface area contributed by atoms with E-state index >= 15 is 0 Å². The number of anilines is 1. The topological polar surface area (TPSA) is 58.0 Å². The van der Waals surface area contributed by atoms with E-state index in [4.69, 9.17) is 11.0 Å². The summed E-state index contributed by atoms with van der Waals surface area (Å²) in [4.78, 5) is 2.50. The average Bonchev–Trinajstić information content (AvgIpc) is 2.89. The zero-order valence-corrected chi connectivity index (χ0v) is 11.5. The predicted octanol–water partition coefficient (Wildman–Crippen LogP) is 2.04. The van der Waals surface area contributed by atoms with Crippen molar-refractivity contribution in [3.8, 4) is 6.07 Å². The van der Waals surface area contributed by atoms with Crippen molar-refractivity contribution in [2.24, 2.45) is 0 Å². The molecule has 98 valence electrons. The van der Waals surface area contributed by atoms with Crippen LogP contribution < -0.4 is 5.73 Å². The molecule has 0 aromatic carbocycles. The van der Waals surface area contributed by atoms with Crippen LogP contribution in [0.25, 0.3) is 0 Å². The summed E-state index contributed by atoms with van der Waals surface area (Å²) < 4.78 is 2.12. The molecule has 1 saturated heterocycles. The summed E-state index contributed by atoms with van der Waals surface area (Å²) in [6.45, 7) is 9.43. The summed E-state index contributed by atoms with van der Waals surface area (Å²) in [6, 6.07) is 2.78. The minimum absolute atomic E-state index is 0.564. The average molecular weight is 246 g/mol. The van der Waals surface area contributed by atoms with E-state index in [1.807, 2.05) is 6.92 Å². The predicted molar refractivity (Wildman–Crippen MR) is 73.3 cm³/mol. The van der Waals surface area contributed by atoms with Gasteiger partial charge in [-0.05, 0) is 45.3 Å². The second kappa shape index (κ2) is 5.03. The number of hydrogen-bond acceptors (Lipinski definition) is 3. The Balaban J connectivity index is 2.27. The Labute approximate surface area is 109 Å². The number of nitriles is 1. The fourth-order valence-corrected chi connectivity index (χ4v) is 3.00. The van der Waals surface area contributed by atoms with E-state index < -0.39 is 0 Å². The van der Waals surface area contributed by atoms with E-state index in [1.165, 1.54) is 19.4 Å². The van der Waals surface area contributed by atoms with Gasteiger partial charge in [0.1, 0.15) is 11.9 Å². The van der Waals surface area contributed by atoms with Gasteiger partial charge < -0.3 is 10.3 Å². The van der Waals surface area contributed by atoms with E-state index in [2.05, 4.69) is 29.4 Å². The van der Waals surface area contributed by atoms with Crippen molar-refractivity contribution < 1.29 is 0 Å². The Morgan fingerprint density at radius 2 is 2.17 bits per heavy atom. The molecule has 0 bridgehead atoms. The van der Waals surface area contributed by atoms with Crippen LogP contribution in [0, 0.1) is 25.2 Å². The summed E-state index contributed by atoms with van der Waals surface area (Å²) in [6.07, 6.45) is 2.49. The summed E-state index contributed by atoms with van der Waals surface area (Å²) >= 11 is 0. The first kappa shape index (κ1) is 13.0. The summed E-state index contributed by atoms with van der Waals surface area (Å²) in [5, 5.41) is 9.14. The van der Waals surface area contributed by atoms with Crippen LogP contribution in [-0.2, 0) is 6.54 Å². The molecule has 1 aromatic heterocycles. The van der Waals surface area contributed by atoms with Gasteiger partial charge in [0.15, 0.2) is 0 Å². The van der Waals surface area contributed by atoms with Crippen molar-refractivity contribution in [2.45, 2.75) is 46.2 Å². The van der Waals surface area contributed by atoms with Crippen molar-refractivity contribution in [1.29, 1.82) is 5.26 Å². The third-order valence-corrected chi connectivity index (χ3v) is 4.28. The van der Waals surface area contributed by atoms with Crippen LogP contribution in [0.15, 0.2) is 0 Å².